The predicted molar refractivity (Wildman–Crippen MR) is 71.2 cm³/mol. The average molecular weight is 343 g/mol. The van der Waals surface area contributed by atoms with Crippen LogP contribution in [-0.2, 0) is 19.9 Å². The SMILES string of the molecule is O=S1(=O)CCCC(NS(=O)(=O)c2ccc(Cl)nc2F)C1. The van der Waals surface area contributed by atoms with Crippen molar-refractivity contribution in [1.29, 1.82) is 0 Å². The maximum atomic E-state index is 13.5. The Bertz CT molecular complexity index is 721. The van der Waals surface area contributed by atoms with Crippen LogP contribution in [0.5, 0.6) is 0 Å². The fraction of sp³-hybridized carbons (Fsp3) is 0.500. The lowest BCUT2D eigenvalue weighted by atomic mass is 10.2. The first-order chi connectivity index (χ1) is 9.20. The molecule has 1 saturated heterocycles. The van der Waals surface area contributed by atoms with E-state index in [2.05, 4.69) is 9.71 Å². The lowest BCUT2D eigenvalue weighted by molar-refractivity contribution is 0.506. The lowest BCUT2D eigenvalue weighted by Crippen LogP contribution is -2.43. The molecule has 20 heavy (non-hydrogen) atoms. The standard InChI is InChI=1S/C10H12ClFN2O4S2/c11-9-4-3-8(10(12)13-9)20(17,18)14-7-2-1-5-19(15,16)6-7/h3-4,7,14H,1-2,5-6H2. The molecule has 1 aromatic heterocycles. The number of nitrogens with one attached hydrogen (secondary N) is 1. The minimum atomic E-state index is -4.17. The van der Waals surface area contributed by atoms with Crippen LogP contribution < -0.4 is 4.72 Å². The minimum Gasteiger partial charge on any atom is -0.229 e. The van der Waals surface area contributed by atoms with Gasteiger partial charge in [0.15, 0.2) is 9.84 Å². The molecular weight excluding hydrogens is 331 g/mol. The van der Waals surface area contributed by atoms with E-state index in [-0.39, 0.29) is 16.7 Å². The van der Waals surface area contributed by atoms with E-state index in [1.807, 2.05) is 0 Å². The third kappa shape index (κ3) is 3.66. The van der Waals surface area contributed by atoms with Crippen LogP contribution >= 0.6 is 11.6 Å². The van der Waals surface area contributed by atoms with Crippen LogP contribution in [0.25, 0.3) is 0 Å². The van der Waals surface area contributed by atoms with Gasteiger partial charge in [0, 0.05) is 6.04 Å². The molecule has 1 atom stereocenters. The Balaban J connectivity index is 2.23. The van der Waals surface area contributed by atoms with Crippen LogP contribution in [0.2, 0.25) is 5.15 Å². The quantitative estimate of drug-likeness (QED) is 0.817. The normalized spacial score (nSPS) is 22.6. The van der Waals surface area contributed by atoms with Gasteiger partial charge in [-0.2, -0.15) is 4.39 Å². The van der Waals surface area contributed by atoms with E-state index in [0.717, 1.165) is 12.1 Å². The van der Waals surface area contributed by atoms with E-state index in [9.17, 15) is 21.2 Å². The molecule has 0 aliphatic carbocycles. The van der Waals surface area contributed by atoms with Gasteiger partial charge in [-0.3, -0.25) is 0 Å². The van der Waals surface area contributed by atoms with Gasteiger partial charge in [-0.15, -0.1) is 0 Å². The molecule has 1 N–H and O–H groups in total. The zero-order valence-electron chi connectivity index (χ0n) is 10.2. The molecule has 112 valence electrons. The maximum Gasteiger partial charge on any atom is 0.245 e. The number of halogens is 2. The second kappa shape index (κ2) is 5.55. The number of rotatable bonds is 3. The Labute approximate surface area is 121 Å². The zero-order chi connectivity index (χ0) is 15.0. The fourth-order valence-electron chi connectivity index (χ4n) is 2.00. The molecule has 10 heteroatoms. The first-order valence-electron chi connectivity index (χ1n) is 5.74. The van der Waals surface area contributed by atoms with Gasteiger partial charge in [0.25, 0.3) is 0 Å². The Morgan fingerprint density at radius 3 is 2.70 bits per heavy atom. The van der Waals surface area contributed by atoms with Crippen molar-refractivity contribution in [2.24, 2.45) is 0 Å². The van der Waals surface area contributed by atoms with Crippen LogP contribution in [-0.4, -0.2) is 39.4 Å². The summed E-state index contributed by atoms with van der Waals surface area (Å²) in [5.41, 5.74) is 0. The van der Waals surface area contributed by atoms with Crippen molar-refractivity contribution in [2.45, 2.75) is 23.8 Å². The van der Waals surface area contributed by atoms with Crippen molar-refractivity contribution in [2.75, 3.05) is 11.5 Å². The Morgan fingerprint density at radius 1 is 1.40 bits per heavy atom. The van der Waals surface area contributed by atoms with E-state index in [1.165, 1.54) is 0 Å². The number of nitrogens with zero attached hydrogens (tertiary/aromatic N) is 1. The van der Waals surface area contributed by atoms with Crippen LogP contribution in [0.3, 0.4) is 0 Å². The van der Waals surface area contributed by atoms with Crippen LogP contribution in [0.4, 0.5) is 4.39 Å². The molecule has 6 nitrogen and oxygen atoms in total. The summed E-state index contributed by atoms with van der Waals surface area (Å²) in [5.74, 6) is -1.46. The molecule has 0 amide bonds. The van der Waals surface area contributed by atoms with E-state index in [0.29, 0.717) is 12.8 Å². The number of sulfonamides is 1. The zero-order valence-corrected chi connectivity index (χ0v) is 12.6. The number of aromatic nitrogens is 1. The maximum absolute atomic E-state index is 13.5. The summed E-state index contributed by atoms with van der Waals surface area (Å²) in [4.78, 5) is 2.57. The van der Waals surface area contributed by atoms with Crippen molar-refractivity contribution >= 4 is 31.5 Å². The molecular formula is C10H12ClFN2O4S2. The predicted octanol–water partition coefficient (Wildman–Crippen LogP) is 0.730. The molecule has 0 bridgehead atoms. The molecule has 0 spiro atoms. The highest BCUT2D eigenvalue weighted by Crippen LogP contribution is 2.18. The average Bonchev–Trinajstić information content (AvgIpc) is 2.25. The molecule has 1 fully saturated rings. The van der Waals surface area contributed by atoms with Gasteiger partial charge in [0.1, 0.15) is 10.0 Å². The summed E-state index contributed by atoms with van der Waals surface area (Å²) in [6.45, 7) is 0. The molecule has 1 aliphatic rings. The highest BCUT2D eigenvalue weighted by molar-refractivity contribution is 7.91. The third-order valence-electron chi connectivity index (χ3n) is 2.85. The number of hydrogen-bond donors (Lipinski definition) is 1. The van der Waals surface area contributed by atoms with Crippen LogP contribution in [0.15, 0.2) is 17.0 Å². The highest BCUT2D eigenvalue weighted by Gasteiger charge is 2.30. The van der Waals surface area contributed by atoms with Gasteiger partial charge in [0.05, 0.1) is 11.5 Å². The molecule has 1 aliphatic heterocycles. The molecule has 1 aromatic rings. The van der Waals surface area contributed by atoms with Crippen molar-refractivity contribution < 1.29 is 21.2 Å². The summed E-state index contributed by atoms with van der Waals surface area (Å²) in [6.07, 6.45) is 0.762. The molecule has 1 unspecified atom stereocenters. The van der Waals surface area contributed by atoms with Crippen molar-refractivity contribution in [3.8, 4) is 0 Å². The van der Waals surface area contributed by atoms with E-state index in [4.69, 9.17) is 11.6 Å². The summed E-state index contributed by atoms with van der Waals surface area (Å²) in [6, 6.07) is 1.38. The second-order valence-electron chi connectivity index (χ2n) is 4.50. The monoisotopic (exact) mass is 342 g/mol. The number of pyridine rings is 1. The van der Waals surface area contributed by atoms with Gasteiger partial charge in [-0.25, -0.2) is 26.5 Å². The largest absolute Gasteiger partial charge is 0.245 e. The molecule has 0 aromatic carbocycles. The summed E-state index contributed by atoms with van der Waals surface area (Å²) >= 11 is 5.45. The topological polar surface area (TPSA) is 93.2 Å². The Hall–Kier alpha value is -0.770. The summed E-state index contributed by atoms with van der Waals surface area (Å²) in [5, 5.41) is -0.165. The van der Waals surface area contributed by atoms with Gasteiger partial charge in [-0.05, 0) is 25.0 Å². The fourth-order valence-corrected chi connectivity index (χ4v) is 5.16. The Morgan fingerprint density at radius 2 is 2.10 bits per heavy atom. The van der Waals surface area contributed by atoms with Gasteiger partial charge >= 0.3 is 0 Å². The minimum absolute atomic E-state index is 0.0437. The van der Waals surface area contributed by atoms with Crippen molar-refractivity contribution in [3.63, 3.8) is 0 Å². The van der Waals surface area contributed by atoms with E-state index >= 15 is 0 Å². The van der Waals surface area contributed by atoms with Gasteiger partial charge in [0.2, 0.25) is 16.0 Å². The van der Waals surface area contributed by atoms with Crippen LogP contribution in [0.1, 0.15) is 12.8 Å². The second-order valence-corrected chi connectivity index (χ2v) is 8.80. The number of sulfone groups is 1. The van der Waals surface area contributed by atoms with Gasteiger partial charge in [-0.1, -0.05) is 11.6 Å². The molecule has 2 rings (SSSR count). The van der Waals surface area contributed by atoms with Crippen LogP contribution in [0, 0.1) is 5.95 Å². The van der Waals surface area contributed by atoms with Crippen molar-refractivity contribution in [3.05, 3.63) is 23.2 Å². The van der Waals surface area contributed by atoms with E-state index in [1.54, 1.807) is 0 Å². The summed E-state index contributed by atoms with van der Waals surface area (Å²) < 4.78 is 62.7. The third-order valence-corrected chi connectivity index (χ3v) is 6.41. The lowest BCUT2D eigenvalue weighted by Gasteiger charge is -2.22. The Kier molecular flexibility index (Phi) is 4.33. The van der Waals surface area contributed by atoms with Crippen molar-refractivity contribution in [1.82, 2.24) is 9.71 Å². The summed E-state index contributed by atoms with van der Waals surface area (Å²) in [7, 11) is -7.43. The molecule has 0 saturated carbocycles. The van der Waals surface area contributed by atoms with Gasteiger partial charge < -0.3 is 0 Å². The van der Waals surface area contributed by atoms with E-state index < -0.39 is 36.7 Å². The first-order valence-corrected chi connectivity index (χ1v) is 9.43. The molecule has 2 heterocycles. The first kappa shape index (κ1) is 15.6. The number of hydrogen-bond acceptors (Lipinski definition) is 5. The smallest absolute Gasteiger partial charge is 0.229 e. The highest BCUT2D eigenvalue weighted by atomic mass is 35.5. The molecule has 0 radical (unpaired) electrons.